The summed E-state index contributed by atoms with van der Waals surface area (Å²) >= 11 is 6.96. The number of benzene rings is 1. The third-order valence-corrected chi connectivity index (χ3v) is 3.90. The van der Waals surface area contributed by atoms with Crippen molar-refractivity contribution < 1.29 is 0 Å². The average Bonchev–Trinajstić information content (AvgIpc) is 2.26. The molecule has 0 saturated carbocycles. The Morgan fingerprint density at radius 3 is 2.31 bits per heavy atom. The summed E-state index contributed by atoms with van der Waals surface area (Å²) in [6.07, 6.45) is 0. The summed E-state index contributed by atoms with van der Waals surface area (Å²) in [6.45, 7) is 2.01. The van der Waals surface area contributed by atoms with Crippen molar-refractivity contribution in [1.29, 1.82) is 0 Å². The van der Waals surface area contributed by atoms with Gasteiger partial charge < -0.3 is 0 Å². The standard InChI is InChI=1S/C11H8Br2N2O/c1-6-8(12)4-7(5-9(6)13)10-2-3-11(16)15-14-10/h2-5H,1H3,(H,15,16). The van der Waals surface area contributed by atoms with Crippen molar-refractivity contribution >= 4 is 31.9 Å². The van der Waals surface area contributed by atoms with Crippen molar-refractivity contribution in [2.45, 2.75) is 6.92 Å². The Balaban J connectivity index is 2.56. The van der Waals surface area contributed by atoms with Crippen LogP contribution in [-0.4, -0.2) is 10.2 Å². The Hall–Kier alpha value is -0.940. The molecule has 0 aliphatic rings. The summed E-state index contributed by atoms with van der Waals surface area (Å²) in [6, 6.07) is 7.11. The van der Waals surface area contributed by atoms with Crippen LogP contribution >= 0.6 is 31.9 Å². The maximum Gasteiger partial charge on any atom is 0.264 e. The third-order valence-electron chi connectivity index (χ3n) is 2.26. The molecule has 1 aromatic carbocycles. The molecule has 1 N–H and O–H groups in total. The van der Waals surface area contributed by atoms with Crippen LogP contribution < -0.4 is 5.56 Å². The van der Waals surface area contributed by atoms with Gasteiger partial charge in [-0.3, -0.25) is 4.79 Å². The maximum atomic E-state index is 10.9. The SMILES string of the molecule is Cc1c(Br)cc(-c2ccc(=O)[nH]n2)cc1Br. The highest BCUT2D eigenvalue weighted by Crippen LogP contribution is 2.30. The summed E-state index contributed by atoms with van der Waals surface area (Å²) < 4.78 is 2.01. The first-order valence-electron chi connectivity index (χ1n) is 4.59. The van der Waals surface area contributed by atoms with Gasteiger partial charge in [0.2, 0.25) is 0 Å². The number of rotatable bonds is 1. The largest absolute Gasteiger partial charge is 0.268 e. The van der Waals surface area contributed by atoms with Gasteiger partial charge in [-0.05, 0) is 30.7 Å². The van der Waals surface area contributed by atoms with Crippen molar-refractivity contribution in [2.75, 3.05) is 0 Å². The number of hydrogen-bond acceptors (Lipinski definition) is 2. The first-order chi connectivity index (χ1) is 7.58. The monoisotopic (exact) mass is 342 g/mol. The van der Waals surface area contributed by atoms with E-state index in [1.54, 1.807) is 6.07 Å². The highest BCUT2D eigenvalue weighted by molar-refractivity contribution is 9.11. The van der Waals surface area contributed by atoms with Crippen LogP contribution in [-0.2, 0) is 0 Å². The number of aromatic nitrogens is 2. The van der Waals surface area contributed by atoms with Crippen LogP contribution in [0.25, 0.3) is 11.3 Å². The molecule has 2 aromatic rings. The van der Waals surface area contributed by atoms with Crippen molar-refractivity contribution in [3.05, 3.63) is 49.1 Å². The maximum absolute atomic E-state index is 10.9. The Morgan fingerprint density at radius 2 is 1.81 bits per heavy atom. The fourth-order valence-electron chi connectivity index (χ4n) is 1.30. The van der Waals surface area contributed by atoms with E-state index in [4.69, 9.17) is 0 Å². The quantitative estimate of drug-likeness (QED) is 0.863. The summed E-state index contributed by atoms with van der Waals surface area (Å²) in [5.74, 6) is 0. The molecule has 0 bridgehead atoms. The predicted molar refractivity (Wildman–Crippen MR) is 70.4 cm³/mol. The minimum absolute atomic E-state index is 0.200. The number of H-pyrrole nitrogens is 1. The normalized spacial score (nSPS) is 10.4. The van der Waals surface area contributed by atoms with Crippen LogP contribution in [0, 0.1) is 6.92 Å². The summed E-state index contributed by atoms with van der Waals surface area (Å²) in [7, 11) is 0. The zero-order chi connectivity index (χ0) is 11.7. The lowest BCUT2D eigenvalue weighted by molar-refractivity contribution is 0.995. The number of halogens is 2. The highest BCUT2D eigenvalue weighted by atomic mass is 79.9. The van der Waals surface area contributed by atoms with Gasteiger partial charge in [0.1, 0.15) is 0 Å². The van der Waals surface area contributed by atoms with Gasteiger partial charge in [0.25, 0.3) is 5.56 Å². The predicted octanol–water partition coefficient (Wildman–Crippen LogP) is 3.27. The Bertz CT molecular complexity index is 549. The van der Waals surface area contributed by atoms with E-state index in [1.807, 2.05) is 19.1 Å². The second-order valence-corrected chi connectivity index (χ2v) is 5.08. The first-order valence-corrected chi connectivity index (χ1v) is 6.18. The topological polar surface area (TPSA) is 45.8 Å². The zero-order valence-corrected chi connectivity index (χ0v) is 11.6. The Kier molecular flexibility index (Phi) is 3.25. The smallest absolute Gasteiger partial charge is 0.264 e. The third kappa shape index (κ3) is 2.25. The molecule has 3 nitrogen and oxygen atoms in total. The number of hydrogen-bond donors (Lipinski definition) is 1. The number of nitrogens with zero attached hydrogens (tertiary/aromatic N) is 1. The van der Waals surface area contributed by atoms with Gasteiger partial charge in [-0.15, -0.1) is 0 Å². The zero-order valence-electron chi connectivity index (χ0n) is 8.42. The molecule has 2 rings (SSSR count). The fourth-order valence-corrected chi connectivity index (χ4v) is 2.48. The molecule has 1 aromatic heterocycles. The van der Waals surface area contributed by atoms with Crippen LogP contribution in [0.3, 0.4) is 0 Å². The molecule has 0 fully saturated rings. The lowest BCUT2D eigenvalue weighted by Gasteiger charge is -2.05. The van der Waals surface area contributed by atoms with Gasteiger partial charge in [-0.2, -0.15) is 5.10 Å². The molecule has 0 amide bonds. The summed E-state index contributed by atoms with van der Waals surface area (Å²) in [5, 5.41) is 6.40. The molecule has 5 heteroatoms. The molecule has 0 saturated heterocycles. The van der Waals surface area contributed by atoms with E-state index >= 15 is 0 Å². The van der Waals surface area contributed by atoms with Gasteiger partial charge in [-0.1, -0.05) is 31.9 Å². The van der Waals surface area contributed by atoms with Crippen LogP contribution in [0.15, 0.2) is 38.0 Å². The second kappa shape index (κ2) is 4.51. The van der Waals surface area contributed by atoms with Gasteiger partial charge in [0.15, 0.2) is 0 Å². The highest BCUT2D eigenvalue weighted by Gasteiger charge is 2.06. The Morgan fingerprint density at radius 1 is 1.19 bits per heavy atom. The van der Waals surface area contributed by atoms with Crippen LogP contribution in [0.5, 0.6) is 0 Å². The molecular weight excluding hydrogens is 336 g/mol. The van der Waals surface area contributed by atoms with E-state index in [0.717, 1.165) is 25.8 Å². The van der Waals surface area contributed by atoms with Crippen molar-refractivity contribution in [2.24, 2.45) is 0 Å². The van der Waals surface area contributed by atoms with Gasteiger partial charge >= 0.3 is 0 Å². The Labute approximate surface area is 109 Å². The second-order valence-electron chi connectivity index (χ2n) is 3.37. The van der Waals surface area contributed by atoms with E-state index < -0.39 is 0 Å². The molecule has 0 unspecified atom stereocenters. The van der Waals surface area contributed by atoms with E-state index in [1.165, 1.54) is 6.07 Å². The molecule has 0 radical (unpaired) electrons. The van der Waals surface area contributed by atoms with Crippen molar-refractivity contribution in [1.82, 2.24) is 10.2 Å². The van der Waals surface area contributed by atoms with E-state index in [-0.39, 0.29) is 5.56 Å². The minimum atomic E-state index is -0.200. The van der Waals surface area contributed by atoms with Crippen LogP contribution in [0.2, 0.25) is 0 Å². The van der Waals surface area contributed by atoms with E-state index in [2.05, 4.69) is 42.1 Å². The van der Waals surface area contributed by atoms with Gasteiger partial charge in [0, 0.05) is 20.6 Å². The van der Waals surface area contributed by atoms with Crippen molar-refractivity contribution in [3.63, 3.8) is 0 Å². The fraction of sp³-hybridized carbons (Fsp3) is 0.0909. The molecule has 0 atom stereocenters. The lowest BCUT2D eigenvalue weighted by Crippen LogP contribution is -2.05. The minimum Gasteiger partial charge on any atom is -0.268 e. The molecule has 0 aliphatic heterocycles. The number of aromatic amines is 1. The van der Waals surface area contributed by atoms with Crippen molar-refractivity contribution in [3.8, 4) is 11.3 Å². The molecule has 82 valence electrons. The number of nitrogens with one attached hydrogen (secondary N) is 1. The molecular formula is C11H8Br2N2O. The summed E-state index contributed by atoms with van der Waals surface area (Å²) in [5.41, 5.74) is 2.61. The van der Waals surface area contributed by atoms with Gasteiger partial charge in [-0.25, -0.2) is 5.10 Å². The molecule has 1 heterocycles. The summed E-state index contributed by atoms with van der Waals surface area (Å²) in [4.78, 5) is 10.9. The van der Waals surface area contributed by atoms with E-state index in [9.17, 15) is 4.79 Å². The van der Waals surface area contributed by atoms with Gasteiger partial charge in [0.05, 0.1) is 5.69 Å². The van der Waals surface area contributed by atoms with E-state index in [0.29, 0.717) is 0 Å². The first kappa shape index (κ1) is 11.5. The molecule has 0 spiro atoms. The average molecular weight is 344 g/mol. The van der Waals surface area contributed by atoms with Crippen LogP contribution in [0.1, 0.15) is 5.56 Å². The molecule has 0 aliphatic carbocycles. The van der Waals surface area contributed by atoms with Crippen LogP contribution in [0.4, 0.5) is 0 Å². The molecule has 16 heavy (non-hydrogen) atoms. The lowest BCUT2D eigenvalue weighted by atomic mass is 10.1.